The number of aryl methyl sites for hydroxylation is 1. The summed E-state index contributed by atoms with van der Waals surface area (Å²) in [6.07, 6.45) is 1.54. The van der Waals surface area contributed by atoms with Crippen molar-refractivity contribution in [1.29, 1.82) is 0 Å². The third kappa shape index (κ3) is 4.91. The molecule has 5 nitrogen and oxygen atoms in total. The highest BCUT2D eigenvalue weighted by Gasteiger charge is 2.24. The zero-order chi connectivity index (χ0) is 15.1. The van der Waals surface area contributed by atoms with Crippen molar-refractivity contribution < 1.29 is 14.7 Å². The van der Waals surface area contributed by atoms with Gasteiger partial charge in [0.05, 0.1) is 0 Å². The van der Waals surface area contributed by atoms with Gasteiger partial charge in [0.15, 0.2) is 0 Å². The van der Waals surface area contributed by atoms with Crippen LogP contribution in [-0.4, -0.2) is 23.0 Å². The first-order valence-corrected chi connectivity index (χ1v) is 6.80. The molecular weight excluding hydrogens is 256 g/mol. The van der Waals surface area contributed by atoms with E-state index >= 15 is 0 Å². The Labute approximate surface area is 119 Å². The van der Waals surface area contributed by atoms with Crippen LogP contribution in [-0.2, 0) is 16.0 Å². The first-order valence-electron chi connectivity index (χ1n) is 6.80. The first-order chi connectivity index (χ1) is 9.43. The number of carbonyl (C=O) groups excluding carboxylic acids is 1. The van der Waals surface area contributed by atoms with Crippen LogP contribution in [0.25, 0.3) is 0 Å². The van der Waals surface area contributed by atoms with Crippen LogP contribution < -0.4 is 11.1 Å². The van der Waals surface area contributed by atoms with Crippen LogP contribution >= 0.6 is 0 Å². The highest BCUT2D eigenvalue weighted by Crippen LogP contribution is 2.10. The summed E-state index contributed by atoms with van der Waals surface area (Å²) < 4.78 is 0. The Kier molecular flexibility index (Phi) is 6.03. The molecule has 0 heterocycles. The van der Waals surface area contributed by atoms with Crippen LogP contribution in [0.3, 0.4) is 0 Å². The predicted molar refractivity (Wildman–Crippen MR) is 78.2 cm³/mol. The van der Waals surface area contributed by atoms with Crippen LogP contribution in [0.15, 0.2) is 24.3 Å². The number of hydrogen-bond donors (Lipinski definition) is 3. The van der Waals surface area contributed by atoms with E-state index in [0.717, 1.165) is 5.56 Å². The Balaban J connectivity index is 2.49. The molecule has 5 heteroatoms. The average molecular weight is 278 g/mol. The maximum atomic E-state index is 11.8. The fourth-order valence-electron chi connectivity index (χ4n) is 1.87. The molecule has 1 amide bonds. The number of benzene rings is 1. The van der Waals surface area contributed by atoms with E-state index in [9.17, 15) is 9.59 Å². The summed E-state index contributed by atoms with van der Waals surface area (Å²) in [6, 6.07) is 6.48. The second kappa shape index (κ2) is 7.53. The van der Waals surface area contributed by atoms with E-state index < -0.39 is 12.0 Å². The lowest BCUT2D eigenvalue weighted by molar-refractivity contribution is -0.143. The van der Waals surface area contributed by atoms with Crippen molar-refractivity contribution in [3.63, 3.8) is 0 Å². The maximum absolute atomic E-state index is 11.8. The van der Waals surface area contributed by atoms with Gasteiger partial charge in [0.25, 0.3) is 0 Å². The number of amides is 1. The fraction of sp³-hybridized carbons (Fsp3) is 0.467. The smallest absolute Gasteiger partial charge is 0.326 e. The summed E-state index contributed by atoms with van der Waals surface area (Å²) in [5, 5.41) is 11.7. The number of rotatable bonds is 7. The SMILES string of the molecule is CC[C@H](C)[C@H](NC(=O)CCc1ccc(N)cc1)C(=O)O. The minimum Gasteiger partial charge on any atom is -0.480 e. The van der Waals surface area contributed by atoms with Gasteiger partial charge in [-0.2, -0.15) is 0 Å². The molecule has 0 aliphatic heterocycles. The molecule has 0 saturated heterocycles. The van der Waals surface area contributed by atoms with Gasteiger partial charge in [0, 0.05) is 12.1 Å². The fourth-order valence-corrected chi connectivity index (χ4v) is 1.87. The zero-order valence-electron chi connectivity index (χ0n) is 11.9. The van der Waals surface area contributed by atoms with Gasteiger partial charge < -0.3 is 16.2 Å². The number of carboxylic acid groups (broad SMARTS) is 1. The van der Waals surface area contributed by atoms with E-state index in [4.69, 9.17) is 10.8 Å². The summed E-state index contributed by atoms with van der Waals surface area (Å²) in [5.41, 5.74) is 7.27. The van der Waals surface area contributed by atoms with Crippen molar-refractivity contribution in [2.45, 2.75) is 39.2 Å². The van der Waals surface area contributed by atoms with Crippen LogP contribution in [0.1, 0.15) is 32.3 Å². The number of hydrogen-bond acceptors (Lipinski definition) is 3. The summed E-state index contributed by atoms with van der Waals surface area (Å²) in [4.78, 5) is 22.9. The summed E-state index contributed by atoms with van der Waals surface area (Å²) in [5.74, 6) is -1.32. The number of anilines is 1. The quantitative estimate of drug-likeness (QED) is 0.663. The van der Waals surface area contributed by atoms with Gasteiger partial charge in [0.2, 0.25) is 5.91 Å². The molecule has 0 aliphatic carbocycles. The third-order valence-electron chi connectivity index (χ3n) is 3.42. The standard InChI is InChI=1S/C15H22N2O3/c1-3-10(2)14(15(19)20)17-13(18)9-6-11-4-7-12(16)8-5-11/h4-5,7-8,10,14H,3,6,9,16H2,1-2H3,(H,17,18)(H,19,20)/t10-,14-/m0/s1. The highest BCUT2D eigenvalue weighted by atomic mass is 16.4. The lowest BCUT2D eigenvalue weighted by Crippen LogP contribution is -2.45. The van der Waals surface area contributed by atoms with Crippen molar-refractivity contribution in [1.82, 2.24) is 5.32 Å². The first kappa shape index (κ1) is 16.0. The van der Waals surface area contributed by atoms with E-state index in [1.54, 1.807) is 12.1 Å². The minimum absolute atomic E-state index is 0.0898. The number of aliphatic carboxylic acids is 1. The molecule has 0 spiro atoms. The van der Waals surface area contributed by atoms with E-state index in [1.807, 2.05) is 26.0 Å². The molecule has 4 N–H and O–H groups in total. The molecule has 1 aromatic carbocycles. The number of carbonyl (C=O) groups is 2. The van der Waals surface area contributed by atoms with Crippen molar-refractivity contribution in [2.24, 2.45) is 5.92 Å². The maximum Gasteiger partial charge on any atom is 0.326 e. The van der Waals surface area contributed by atoms with Crippen LogP contribution in [0.5, 0.6) is 0 Å². The third-order valence-corrected chi connectivity index (χ3v) is 3.42. The topological polar surface area (TPSA) is 92.4 Å². The molecule has 0 fully saturated rings. The van der Waals surface area contributed by atoms with Crippen molar-refractivity contribution in [2.75, 3.05) is 5.73 Å². The molecule has 0 aromatic heterocycles. The molecule has 110 valence electrons. The minimum atomic E-state index is -0.986. The molecule has 20 heavy (non-hydrogen) atoms. The summed E-state index contributed by atoms with van der Waals surface area (Å²) in [6.45, 7) is 3.72. The van der Waals surface area contributed by atoms with Gasteiger partial charge in [-0.25, -0.2) is 4.79 Å². The molecule has 0 unspecified atom stereocenters. The van der Waals surface area contributed by atoms with Crippen LogP contribution in [0.2, 0.25) is 0 Å². The Morgan fingerprint density at radius 3 is 2.40 bits per heavy atom. The van der Waals surface area contributed by atoms with Crippen LogP contribution in [0.4, 0.5) is 5.69 Å². The average Bonchev–Trinajstić information content (AvgIpc) is 2.43. The van der Waals surface area contributed by atoms with Gasteiger partial charge in [-0.1, -0.05) is 32.4 Å². The van der Waals surface area contributed by atoms with Gasteiger partial charge in [-0.15, -0.1) is 0 Å². The molecule has 0 radical (unpaired) electrons. The number of nitrogen functional groups attached to an aromatic ring is 1. The van der Waals surface area contributed by atoms with Crippen molar-refractivity contribution >= 4 is 17.6 Å². The van der Waals surface area contributed by atoms with Gasteiger partial charge in [0.1, 0.15) is 6.04 Å². The molecular formula is C15H22N2O3. The lowest BCUT2D eigenvalue weighted by Gasteiger charge is -2.20. The molecule has 0 aliphatic rings. The second-order valence-corrected chi connectivity index (χ2v) is 5.01. The molecule has 0 bridgehead atoms. The molecule has 2 atom stereocenters. The number of carboxylic acids is 1. The predicted octanol–water partition coefficient (Wildman–Crippen LogP) is 1.82. The Morgan fingerprint density at radius 1 is 1.30 bits per heavy atom. The Hall–Kier alpha value is -2.04. The Morgan fingerprint density at radius 2 is 1.90 bits per heavy atom. The van der Waals surface area contributed by atoms with Crippen LogP contribution in [0, 0.1) is 5.92 Å². The lowest BCUT2D eigenvalue weighted by atomic mass is 9.99. The van der Waals surface area contributed by atoms with Gasteiger partial charge in [-0.3, -0.25) is 4.79 Å². The second-order valence-electron chi connectivity index (χ2n) is 5.01. The Bertz CT molecular complexity index is 457. The van der Waals surface area contributed by atoms with E-state index in [0.29, 0.717) is 18.5 Å². The number of nitrogens with one attached hydrogen (secondary N) is 1. The van der Waals surface area contributed by atoms with Gasteiger partial charge >= 0.3 is 5.97 Å². The largest absolute Gasteiger partial charge is 0.480 e. The summed E-state index contributed by atoms with van der Waals surface area (Å²) >= 11 is 0. The normalized spacial score (nSPS) is 13.5. The van der Waals surface area contributed by atoms with Gasteiger partial charge in [-0.05, 0) is 30.0 Å². The van der Waals surface area contributed by atoms with E-state index in [-0.39, 0.29) is 18.2 Å². The monoisotopic (exact) mass is 278 g/mol. The molecule has 1 aromatic rings. The van der Waals surface area contributed by atoms with E-state index in [2.05, 4.69) is 5.32 Å². The molecule has 1 rings (SSSR count). The zero-order valence-corrected chi connectivity index (χ0v) is 11.9. The molecule has 0 saturated carbocycles. The highest BCUT2D eigenvalue weighted by molar-refractivity contribution is 5.83. The van der Waals surface area contributed by atoms with Crippen molar-refractivity contribution in [3.8, 4) is 0 Å². The number of nitrogens with two attached hydrogens (primary N) is 1. The van der Waals surface area contributed by atoms with E-state index in [1.165, 1.54) is 0 Å². The summed E-state index contributed by atoms with van der Waals surface area (Å²) in [7, 11) is 0. The van der Waals surface area contributed by atoms with Crippen molar-refractivity contribution in [3.05, 3.63) is 29.8 Å².